The van der Waals surface area contributed by atoms with Gasteiger partial charge in [0.05, 0.1) is 5.84 Å². The summed E-state index contributed by atoms with van der Waals surface area (Å²) < 4.78 is 0. The van der Waals surface area contributed by atoms with Gasteiger partial charge in [-0.3, -0.25) is 4.99 Å². The molecular weight excluding hydrogens is 216 g/mol. The van der Waals surface area contributed by atoms with E-state index in [4.69, 9.17) is 0 Å². The molecule has 2 nitrogen and oxygen atoms in total. The van der Waals surface area contributed by atoms with Crippen molar-refractivity contribution in [3.8, 4) is 0 Å². The molecule has 1 N–H and O–H groups in total. The van der Waals surface area contributed by atoms with E-state index in [-0.39, 0.29) is 0 Å². The lowest BCUT2D eigenvalue weighted by atomic mass is 9.94. The second-order valence-corrected chi connectivity index (χ2v) is 6.03. The number of aliphatic imine (C=N–C) groups is 1. The number of nitrogens with one attached hydrogen (secondary N) is 1. The molecule has 3 heteroatoms. The van der Waals surface area contributed by atoms with Crippen LogP contribution in [0.3, 0.4) is 0 Å². The van der Waals surface area contributed by atoms with Crippen LogP contribution in [0.5, 0.6) is 0 Å². The van der Waals surface area contributed by atoms with Gasteiger partial charge in [-0.05, 0) is 31.9 Å². The van der Waals surface area contributed by atoms with Crippen molar-refractivity contribution in [3.05, 3.63) is 0 Å². The van der Waals surface area contributed by atoms with Gasteiger partial charge in [0.2, 0.25) is 0 Å². The van der Waals surface area contributed by atoms with Crippen LogP contribution in [0.1, 0.15) is 51.4 Å². The number of thioether (sulfide) groups is 1. The third-order valence-corrected chi connectivity index (χ3v) is 4.90. The van der Waals surface area contributed by atoms with Crippen molar-refractivity contribution in [2.24, 2.45) is 4.99 Å². The average Bonchev–Trinajstić information content (AvgIpc) is 2.58. The van der Waals surface area contributed by atoms with Crippen molar-refractivity contribution >= 4 is 17.6 Å². The first-order chi connectivity index (χ1) is 7.90. The molecule has 1 heterocycles. The fraction of sp³-hybridized carbons (Fsp3) is 0.923. The molecule has 2 aliphatic rings. The first-order valence-corrected chi connectivity index (χ1v) is 8.01. The highest BCUT2D eigenvalue weighted by Crippen LogP contribution is 2.27. The minimum absolute atomic E-state index is 0.681. The summed E-state index contributed by atoms with van der Waals surface area (Å²) in [5.74, 6) is 1.29. The molecular formula is C13H24N2S. The smallest absolute Gasteiger partial charge is 0.0965 e. The molecule has 0 aromatic rings. The summed E-state index contributed by atoms with van der Waals surface area (Å²) in [5.41, 5.74) is 0. The van der Waals surface area contributed by atoms with E-state index in [1.54, 1.807) is 0 Å². The Hall–Kier alpha value is -0.180. The van der Waals surface area contributed by atoms with Crippen molar-refractivity contribution < 1.29 is 0 Å². The van der Waals surface area contributed by atoms with Crippen LogP contribution < -0.4 is 5.32 Å². The fourth-order valence-electron chi connectivity index (χ4n) is 2.75. The fourth-order valence-corrected chi connectivity index (χ4v) is 3.69. The summed E-state index contributed by atoms with van der Waals surface area (Å²) >= 11 is 2.03. The molecule has 16 heavy (non-hydrogen) atoms. The van der Waals surface area contributed by atoms with Gasteiger partial charge in [-0.15, -0.1) is 0 Å². The maximum absolute atomic E-state index is 4.68. The molecule has 2 rings (SSSR count). The second kappa shape index (κ2) is 6.53. The van der Waals surface area contributed by atoms with Crippen molar-refractivity contribution in [3.63, 3.8) is 0 Å². The summed E-state index contributed by atoms with van der Waals surface area (Å²) in [6.45, 7) is 1.04. The van der Waals surface area contributed by atoms with Crippen molar-refractivity contribution in [2.45, 2.75) is 62.7 Å². The van der Waals surface area contributed by atoms with Gasteiger partial charge < -0.3 is 5.32 Å². The molecule has 1 aliphatic heterocycles. The Bertz CT molecular complexity index is 240. The van der Waals surface area contributed by atoms with Crippen molar-refractivity contribution in [2.75, 3.05) is 12.8 Å². The molecule has 92 valence electrons. The third-order valence-electron chi connectivity index (χ3n) is 3.73. The van der Waals surface area contributed by atoms with Crippen LogP contribution in [0.15, 0.2) is 4.99 Å². The summed E-state index contributed by atoms with van der Waals surface area (Å²) in [6, 6.07) is 0.681. The monoisotopic (exact) mass is 240 g/mol. The first kappa shape index (κ1) is 12.3. The van der Waals surface area contributed by atoms with Gasteiger partial charge in [-0.2, -0.15) is 11.8 Å². The standard InChI is InChI=1S/C13H24N2S/c1-16-12-8-5-4-7-11(12)15-13-9-3-2-6-10-14-13/h11-12H,2-10H2,1H3,(H,14,15). The highest BCUT2D eigenvalue weighted by Gasteiger charge is 2.24. The Morgan fingerprint density at radius 1 is 1.12 bits per heavy atom. The van der Waals surface area contributed by atoms with E-state index >= 15 is 0 Å². The van der Waals surface area contributed by atoms with Crippen molar-refractivity contribution in [1.82, 2.24) is 5.32 Å². The van der Waals surface area contributed by atoms with Gasteiger partial charge in [0.15, 0.2) is 0 Å². The Morgan fingerprint density at radius 2 is 2.00 bits per heavy atom. The normalized spacial score (nSPS) is 31.7. The van der Waals surface area contributed by atoms with E-state index in [1.807, 2.05) is 11.8 Å². The average molecular weight is 240 g/mol. The summed E-state index contributed by atoms with van der Waals surface area (Å²) in [7, 11) is 0. The molecule has 1 aliphatic carbocycles. The predicted molar refractivity (Wildman–Crippen MR) is 73.5 cm³/mol. The van der Waals surface area contributed by atoms with Crippen LogP contribution in [-0.4, -0.2) is 29.9 Å². The lowest BCUT2D eigenvalue weighted by Crippen LogP contribution is -2.43. The zero-order valence-corrected chi connectivity index (χ0v) is 11.2. The highest BCUT2D eigenvalue weighted by atomic mass is 32.2. The van der Waals surface area contributed by atoms with Crippen LogP contribution in [-0.2, 0) is 0 Å². The van der Waals surface area contributed by atoms with Gasteiger partial charge in [0.25, 0.3) is 0 Å². The molecule has 0 radical (unpaired) electrons. The van der Waals surface area contributed by atoms with Crippen LogP contribution in [0, 0.1) is 0 Å². The third kappa shape index (κ3) is 3.41. The molecule has 0 spiro atoms. The first-order valence-electron chi connectivity index (χ1n) is 6.73. The maximum atomic E-state index is 4.68. The SMILES string of the molecule is CSC1CCCCC1NC1=NCCCCC1. The van der Waals surface area contributed by atoms with Gasteiger partial charge >= 0.3 is 0 Å². The van der Waals surface area contributed by atoms with E-state index in [1.165, 1.54) is 57.2 Å². The maximum Gasteiger partial charge on any atom is 0.0965 e. The van der Waals surface area contributed by atoms with E-state index in [9.17, 15) is 0 Å². The largest absolute Gasteiger partial charge is 0.370 e. The Labute approximate surface area is 104 Å². The van der Waals surface area contributed by atoms with Crippen LogP contribution in [0.2, 0.25) is 0 Å². The number of rotatable bonds is 2. The summed E-state index contributed by atoms with van der Waals surface area (Å²) in [6.07, 6.45) is 12.9. The minimum Gasteiger partial charge on any atom is -0.370 e. The Morgan fingerprint density at radius 3 is 2.88 bits per heavy atom. The topological polar surface area (TPSA) is 24.4 Å². The van der Waals surface area contributed by atoms with Gasteiger partial charge in [-0.25, -0.2) is 0 Å². The second-order valence-electron chi connectivity index (χ2n) is 4.95. The van der Waals surface area contributed by atoms with E-state index < -0.39 is 0 Å². The lowest BCUT2D eigenvalue weighted by Gasteiger charge is -2.32. The van der Waals surface area contributed by atoms with E-state index in [0.29, 0.717) is 6.04 Å². The Kier molecular flexibility index (Phi) is 5.01. The molecule has 0 aromatic heterocycles. The molecule has 2 unspecified atom stereocenters. The molecule has 1 fully saturated rings. The van der Waals surface area contributed by atoms with E-state index in [0.717, 1.165) is 11.8 Å². The quantitative estimate of drug-likeness (QED) is 0.801. The lowest BCUT2D eigenvalue weighted by molar-refractivity contribution is 0.423. The number of nitrogens with zero attached hydrogens (tertiary/aromatic N) is 1. The van der Waals surface area contributed by atoms with Crippen LogP contribution in [0.4, 0.5) is 0 Å². The molecule has 2 atom stereocenters. The number of hydrogen-bond donors (Lipinski definition) is 1. The zero-order chi connectivity index (χ0) is 11.2. The molecule has 0 saturated heterocycles. The Balaban J connectivity index is 1.88. The van der Waals surface area contributed by atoms with Gasteiger partial charge in [0, 0.05) is 24.3 Å². The highest BCUT2D eigenvalue weighted by molar-refractivity contribution is 7.99. The molecule has 0 aromatic carbocycles. The number of hydrogen-bond acceptors (Lipinski definition) is 3. The van der Waals surface area contributed by atoms with E-state index in [2.05, 4.69) is 16.6 Å². The molecule has 0 amide bonds. The van der Waals surface area contributed by atoms with Gasteiger partial charge in [0.1, 0.15) is 0 Å². The van der Waals surface area contributed by atoms with Crippen LogP contribution in [0.25, 0.3) is 0 Å². The predicted octanol–water partition coefficient (Wildman–Crippen LogP) is 3.22. The number of amidine groups is 1. The molecule has 1 saturated carbocycles. The van der Waals surface area contributed by atoms with Crippen LogP contribution >= 0.6 is 11.8 Å². The minimum atomic E-state index is 0.681. The zero-order valence-electron chi connectivity index (χ0n) is 10.4. The summed E-state index contributed by atoms with van der Waals surface area (Å²) in [5, 5.41) is 4.53. The summed E-state index contributed by atoms with van der Waals surface area (Å²) in [4.78, 5) is 4.68. The van der Waals surface area contributed by atoms with Gasteiger partial charge in [-0.1, -0.05) is 19.3 Å². The van der Waals surface area contributed by atoms with Crippen molar-refractivity contribution in [1.29, 1.82) is 0 Å². The molecule has 0 bridgehead atoms.